The molecule has 0 aromatic carbocycles. The van der Waals surface area contributed by atoms with Gasteiger partial charge in [0.15, 0.2) is 0 Å². The molecule has 1 heterocycles. The van der Waals surface area contributed by atoms with E-state index in [9.17, 15) is 9.18 Å². The number of hydrogen-bond acceptors (Lipinski definition) is 4. The Balaban J connectivity index is 2.51. The minimum absolute atomic E-state index is 0.176. The van der Waals surface area contributed by atoms with Gasteiger partial charge >= 0.3 is 5.97 Å². The molecule has 0 bridgehead atoms. The fourth-order valence-electron chi connectivity index (χ4n) is 1.22. The Morgan fingerprint density at radius 1 is 1.75 bits per heavy atom. The van der Waals surface area contributed by atoms with Crippen LogP contribution in [0.2, 0.25) is 0 Å². The number of ether oxygens (including phenoxy) is 1. The Morgan fingerprint density at radius 3 is 2.94 bits per heavy atom. The minimum atomic E-state index is -1.69. The molecule has 1 N–H and O–H groups in total. The number of anilines is 1. The Bertz CT molecular complexity index is 354. The largest absolute Gasteiger partial charge is 0.464 e. The molecule has 90 valence electrons. The summed E-state index contributed by atoms with van der Waals surface area (Å²) < 4.78 is 19.7. The van der Waals surface area contributed by atoms with Gasteiger partial charge in [0, 0.05) is 19.3 Å². The molecule has 2 atom stereocenters. The number of nitrogens with one attached hydrogen (secondary N) is 1. The van der Waals surface area contributed by atoms with Gasteiger partial charge in [-0.1, -0.05) is 0 Å². The maximum Gasteiger partial charge on any atom is 0.342 e. The van der Waals surface area contributed by atoms with Crippen LogP contribution in [0.15, 0.2) is 12.3 Å². The normalized spacial score (nSPS) is 14.2. The average molecular weight is 229 g/mol. The molecule has 1 rings (SSSR count). The second-order valence-corrected chi connectivity index (χ2v) is 3.46. The highest BCUT2D eigenvalue weighted by Gasteiger charge is 2.26. The van der Waals surface area contributed by atoms with Gasteiger partial charge in [-0.15, -0.1) is 0 Å². The van der Waals surface area contributed by atoms with Gasteiger partial charge in [-0.3, -0.25) is 4.68 Å². The van der Waals surface area contributed by atoms with Gasteiger partial charge in [-0.2, -0.15) is 5.10 Å². The number of carbonyl (C=O) groups is 1. The van der Waals surface area contributed by atoms with Gasteiger partial charge in [0.2, 0.25) is 6.17 Å². The van der Waals surface area contributed by atoms with Crippen LogP contribution in [0.4, 0.5) is 10.2 Å². The predicted octanol–water partition coefficient (Wildman–Crippen LogP) is 1.12. The van der Waals surface area contributed by atoms with Crippen molar-refractivity contribution in [3.63, 3.8) is 0 Å². The smallest absolute Gasteiger partial charge is 0.342 e. The summed E-state index contributed by atoms with van der Waals surface area (Å²) in [7, 11) is 1.76. The van der Waals surface area contributed by atoms with Crippen molar-refractivity contribution in [2.24, 2.45) is 7.05 Å². The van der Waals surface area contributed by atoms with E-state index in [0.29, 0.717) is 5.82 Å². The fourth-order valence-corrected chi connectivity index (χ4v) is 1.22. The van der Waals surface area contributed by atoms with Crippen LogP contribution in [0, 0.1) is 0 Å². The number of alkyl halides is 1. The van der Waals surface area contributed by atoms with Crippen molar-refractivity contribution in [2.75, 3.05) is 11.9 Å². The molecule has 5 nitrogen and oxygen atoms in total. The van der Waals surface area contributed by atoms with E-state index in [1.165, 1.54) is 0 Å². The number of esters is 1. The number of halogens is 1. The van der Waals surface area contributed by atoms with Crippen molar-refractivity contribution in [1.82, 2.24) is 9.78 Å². The van der Waals surface area contributed by atoms with Crippen LogP contribution in [0.3, 0.4) is 0 Å². The van der Waals surface area contributed by atoms with Crippen LogP contribution in [-0.2, 0) is 16.6 Å². The SMILES string of the molecule is CCOC(=O)C(F)C(C)Nc1ccn(C)n1. The number of hydrogen-bond donors (Lipinski definition) is 1. The Hall–Kier alpha value is -1.59. The molecule has 0 aliphatic carbocycles. The fraction of sp³-hybridized carbons (Fsp3) is 0.600. The highest BCUT2D eigenvalue weighted by Crippen LogP contribution is 2.09. The topological polar surface area (TPSA) is 56.1 Å². The van der Waals surface area contributed by atoms with E-state index in [2.05, 4.69) is 15.2 Å². The third-order valence-corrected chi connectivity index (χ3v) is 2.04. The molecular formula is C10H16FN3O2. The van der Waals surface area contributed by atoms with Gasteiger partial charge in [0.25, 0.3) is 0 Å². The summed E-state index contributed by atoms with van der Waals surface area (Å²) >= 11 is 0. The lowest BCUT2D eigenvalue weighted by atomic mass is 10.2. The third kappa shape index (κ3) is 3.22. The molecule has 0 aliphatic rings. The van der Waals surface area contributed by atoms with Crippen molar-refractivity contribution in [1.29, 1.82) is 0 Å². The summed E-state index contributed by atoms with van der Waals surface area (Å²) in [5, 5.41) is 6.82. The Labute approximate surface area is 93.6 Å². The molecule has 1 aromatic heterocycles. The highest BCUT2D eigenvalue weighted by molar-refractivity contribution is 5.75. The van der Waals surface area contributed by atoms with Gasteiger partial charge < -0.3 is 10.1 Å². The maximum atomic E-state index is 13.5. The van der Waals surface area contributed by atoms with Crippen LogP contribution in [-0.4, -0.2) is 34.6 Å². The zero-order valence-corrected chi connectivity index (χ0v) is 9.61. The molecule has 0 radical (unpaired) electrons. The summed E-state index contributed by atoms with van der Waals surface area (Å²) in [6.45, 7) is 3.38. The number of aromatic nitrogens is 2. The Morgan fingerprint density at radius 2 is 2.44 bits per heavy atom. The number of carbonyl (C=O) groups excluding carboxylic acids is 1. The van der Waals surface area contributed by atoms with E-state index in [1.807, 2.05) is 0 Å². The maximum absolute atomic E-state index is 13.5. The second-order valence-electron chi connectivity index (χ2n) is 3.46. The average Bonchev–Trinajstić information content (AvgIpc) is 2.63. The molecule has 0 spiro atoms. The summed E-state index contributed by atoms with van der Waals surface area (Å²) in [5.74, 6) is -0.319. The molecule has 0 aliphatic heterocycles. The Kier molecular flexibility index (Phi) is 4.28. The van der Waals surface area contributed by atoms with Crippen molar-refractivity contribution in [2.45, 2.75) is 26.1 Å². The summed E-state index contributed by atoms with van der Waals surface area (Å²) in [5.41, 5.74) is 0. The van der Waals surface area contributed by atoms with Gasteiger partial charge in [0.1, 0.15) is 5.82 Å². The minimum Gasteiger partial charge on any atom is -0.464 e. The summed E-state index contributed by atoms with van der Waals surface area (Å²) in [6.07, 6.45) is 0.0362. The third-order valence-electron chi connectivity index (χ3n) is 2.04. The molecule has 2 unspecified atom stereocenters. The zero-order chi connectivity index (χ0) is 12.1. The van der Waals surface area contributed by atoms with Gasteiger partial charge in [-0.05, 0) is 13.8 Å². The van der Waals surface area contributed by atoms with E-state index >= 15 is 0 Å². The zero-order valence-electron chi connectivity index (χ0n) is 9.61. The van der Waals surface area contributed by atoms with Crippen LogP contribution < -0.4 is 5.32 Å². The molecule has 16 heavy (non-hydrogen) atoms. The second kappa shape index (κ2) is 5.48. The van der Waals surface area contributed by atoms with Crippen molar-refractivity contribution in [3.05, 3.63) is 12.3 Å². The summed E-state index contributed by atoms with van der Waals surface area (Å²) in [4.78, 5) is 11.1. The first kappa shape index (κ1) is 12.5. The van der Waals surface area contributed by atoms with Crippen LogP contribution in [0.25, 0.3) is 0 Å². The van der Waals surface area contributed by atoms with E-state index in [0.717, 1.165) is 0 Å². The molecule has 6 heteroatoms. The van der Waals surface area contributed by atoms with Crippen LogP contribution in [0.5, 0.6) is 0 Å². The number of aryl methyl sites for hydroxylation is 1. The first-order valence-corrected chi connectivity index (χ1v) is 5.11. The standard InChI is InChI=1S/C10H16FN3O2/c1-4-16-10(15)9(11)7(2)12-8-5-6-14(3)13-8/h5-7,9H,4H2,1-3H3,(H,12,13). The predicted molar refractivity (Wildman–Crippen MR) is 57.8 cm³/mol. The lowest BCUT2D eigenvalue weighted by Crippen LogP contribution is -2.35. The van der Waals surface area contributed by atoms with E-state index < -0.39 is 18.2 Å². The quantitative estimate of drug-likeness (QED) is 0.769. The first-order valence-electron chi connectivity index (χ1n) is 5.11. The number of nitrogens with zero attached hydrogens (tertiary/aromatic N) is 2. The van der Waals surface area contributed by atoms with E-state index in [-0.39, 0.29) is 6.61 Å². The summed E-state index contributed by atoms with van der Waals surface area (Å²) in [6, 6.07) is 1.03. The van der Waals surface area contributed by atoms with Crippen molar-refractivity contribution >= 4 is 11.8 Å². The van der Waals surface area contributed by atoms with Gasteiger partial charge in [0.05, 0.1) is 12.6 Å². The lowest BCUT2D eigenvalue weighted by molar-refractivity contribution is -0.149. The molecular weight excluding hydrogens is 213 g/mol. The molecule has 1 aromatic rings. The lowest BCUT2D eigenvalue weighted by Gasteiger charge is -2.16. The van der Waals surface area contributed by atoms with E-state index in [4.69, 9.17) is 0 Å². The molecule has 0 fully saturated rings. The monoisotopic (exact) mass is 229 g/mol. The molecule has 0 saturated carbocycles. The van der Waals surface area contributed by atoms with E-state index in [1.54, 1.807) is 37.8 Å². The molecule has 0 saturated heterocycles. The van der Waals surface area contributed by atoms with Crippen molar-refractivity contribution in [3.8, 4) is 0 Å². The van der Waals surface area contributed by atoms with Crippen LogP contribution >= 0.6 is 0 Å². The van der Waals surface area contributed by atoms with Crippen molar-refractivity contribution < 1.29 is 13.9 Å². The number of rotatable bonds is 5. The van der Waals surface area contributed by atoms with Crippen LogP contribution in [0.1, 0.15) is 13.8 Å². The highest BCUT2D eigenvalue weighted by atomic mass is 19.1. The molecule has 0 amide bonds. The van der Waals surface area contributed by atoms with Gasteiger partial charge in [-0.25, -0.2) is 9.18 Å². The first-order chi connectivity index (χ1) is 7.54.